The predicted molar refractivity (Wildman–Crippen MR) is 210 cm³/mol. The number of thiophene rings is 2. The maximum absolute atomic E-state index is 14.5. The van der Waals surface area contributed by atoms with Crippen molar-refractivity contribution < 1.29 is 19.1 Å². The molecular formula is C37H25Cl2N5O5S3. The highest BCUT2D eigenvalue weighted by Crippen LogP contribution is 2.44. The molecule has 0 saturated heterocycles. The number of pyridine rings is 2. The van der Waals surface area contributed by atoms with Crippen molar-refractivity contribution in [3.63, 3.8) is 0 Å². The molecule has 6 aromatic heterocycles. The van der Waals surface area contributed by atoms with Gasteiger partial charge in [0.05, 0.1) is 51.5 Å². The molecule has 8 rings (SSSR count). The van der Waals surface area contributed by atoms with Crippen LogP contribution in [0.4, 0.5) is 0 Å². The van der Waals surface area contributed by atoms with E-state index in [0.717, 1.165) is 0 Å². The molecule has 0 fully saturated rings. The van der Waals surface area contributed by atoms with Crippen molar-refractivity contribution in [3.8, 4) is 22.3 Å². The maximum Gasteiger partial charge on any atom is 0.340 e. The number of nitrogens with one attached hydrogen (secondary N) is 1. The molecule has 0 aliphatic carbocycles. The molecule has 8 aromatic rings. The fourth-order valence-electron chi connectivity index (χ4n) is 6.59. The van der Waals surface area contributed by atoms with E-state index in [1.807, 2.05) is 24.3 Å². The van der Waals surface area contributed by atoms with E-state index < -0.39 is 17.5 Å². The Balaban J connectivity index is 1.55. The molecule has 0 saturated carbocycles. The van der Waals surface area contributed by atoms with Gasteiger partial charge in [0, 0.05) is 31.9 Å². The minimum atomic E-state index is -0.534. The number of aromatic amines is 1. The Labute approximate surface area is 317 Å². The highest BCUT2D eigenvalue weighted by molar-refractivity contribution is 7.71. The number of esters is 2. The van der Waals surface area contributed by atoms with Crippen LogP contribution in [0.5, 0.6) is 0 Å². The van der Waals surface area contributed by atoms with Crippen LogP contribution in [-0.4, -0.2) is 49.5 Å². The van der Waals surface area contributed by atoms with Crippen molar-refractivity contribution >= 4 is 117 Å². The first-order chi connectivity index (χ1) is 25.0. The van der Waals surface area contributed by atoms with Crippen molar-refractivity contribution in [2.24, 2.45) is 0 Å². The predicted octanol–water partition coefficient (Wildman–Crippen LogP) is 9.89. The molecule has 0 spiro atoms. The summed E-state index contributed by atoms with van der Waals surface area (Å²) in [4.78, 5) is 60.5. The largest absolute Gasteiger partial charge is 0.462 e. The molecule has 1 N–H and O–H groups in total. The average molecular weight is 787 g/mol. The molecule has 0 amide bonds. The first-order valence-corrected chi connectivity index (χ1v) is 18.9. The molecule has 260 valence electrons. The number of benzene rings is 2. The third-order valence-electron chi connectivity index (χ3n) is 8.72. The number of nitrogens with zero attached hydrogens (tertiary/aromatic N) is 4. The lowest BCUT2D eigenvalue weighted by Gasteiger charge is -2.14. The first kappa shape index (κ1) is 34.3. The van der Waals surface area contributed by atoms with Gasteiger partial charge in [-0.05, 0) is 75.3 Å². The molecule has 6 heterocycles. The Morgan fingerprint density at radius 1 is 0.769 bits per heavy atom. The number of fused-ring (bicyclic) bond motifs is 8. The normalized spacial score (nSPS) is 11.7. The molecule has 0 unspecified atom stereocenters. The average Bonchev–Trinajstić information content (AvgIpc) is 3.66. The second kappa shape index (κ2) is 13.0. The minimum Gasteiger partial charge on any atom is -0.462 e. The fourth-order valence-corrected chi connectivity index (χ4v) is 9.38. The zero-order valence-electron chi connectivity index (χ0n) is 27.8. The minimum absolute atomic E-state index is 0.0115. The van der Waals surface area contributed by atoms with E-state index in [1.54, 1.807) is 52.0 Å². The molecule has 0 bridgehead atoms. The number of hydrogen-bond acceptors (Lipinski definition) is 11. The Morgan fingerprint density at radius 2 is 1.25 bits per heavy atom. The number of carbonyl (C=O) groups excluding carboxylic acids is 2. The summed E-state index contributed by atoms with van der Waals surface area (Å²) in [6, 6.07) is 14.3. The third-order valence-corrected chi connectivity index (χ3v) is 11.6. The van der Waals surface area contributed by atoms with Crippen molar-refractivity contribution in [2.75, 3.05) is 13.2 Å². The Hall–Kier alpha value is -4.79. The number of H-pyrrole nitrogens is 1. The highest BCUT2D eigenvalue weighted by Gasteiger charge is 2.29. The lowest BCUT2D eigenvalue weighted by Crippen LogP contribution is -2.16. The number of halogens is 2. The molecular weight excluding hydrogens is 762 g/mol. The van der Waals surface area contributed by atoms with Crippen molar-refractivity contribution in [3.05, 3.63) is 96.2 Å². The molecule has 0 atom stereocenters. The van der Waals surface area contributed by atoms with E-state index in [0.29, 0.717) is 95.8 Å². The summed E-state index contributed by atoms with van der Waals surface area (Å²) in [7, 11) is 0. The smallest absolute Gasteiger partial charge is 0.340 e. The van der Waals surface area contributed by atoms with Crippen LogP contribution in [0.15, 0.2) is 53.3 Å². The van der Waals surface area contributed by atoms with E-state index >= 15 is 0 Å². The Bertz CT molecular complexity index is 2950. The summed E-state index contributed by atoms with van der Waals surface area (Å²) < 4.78 is 13.3. The van der Waals surface area contributed by atoms with Gasteiger partial charge in [-0.15, -0.1) is 22.7 Å². The Kier molecular flexibility index (Phi) is 8.58. The van der Waals surface area contributed by atoms with Gasteiger partial charge in [0.25, 0.3) is 5.56 Å². The summed E-state index contributed by atoms with van der Waals surface area (Å²) in [5, 5.41) is 2.22. The van der Waals surface area contributed by atoms with Crippen LogP contribution in [0.3, 0.4) is 0 Å². The second-order valence-corrected chi connectivity index (χ2v) is 15.0. The number of rotatable bonds is 6. The molecule has 10 nitrogen and oxygen atoms in total. The van der Waals surface area contributed by atoms with E-state index in [1.165, 1.54) is 27.1 Å². The zero-order valence-corrected chi connectivity index (χ0v) is 31.8. The van der Waals surface area contributed by atoms with Crippen LogP contribution in [0, 0.1) is 18.6 Å². The monoisotopic (exact) mass is 785 g/mol. The van der Waals surface area contributed by atoms with Gasteiger partial charge in [-0.25, -0.2) is 28.9 Å². The number of aromatic nitrogens is 5. The lowest BCUT2D eigenvalue weighted by molar-refractivity contribution is 0.0516. The van der Waals surface area contributed by atoms with Crippen molar-refractivity contribution in [1.82, 2.24) is 24.3 Å². The van der Waals surface area contributed by atoms with Crippen LogP contribution in [-0.2, 0) is 9.47 Å². The van der Waals surface area contributed by atoms with Gasteiger partial charge in [-0.2, -0.15) is 0 Å². The zero-order chi connectivity index (χ0) is 36.6. The third kappa shape index (κ3) is 5.29. The number of ether oxygens (including phenoxy) is 2. The first-order valence-electron chi connectivity index (χ1n) is 16.1. The SMILES string of the molecule is CCOC(=O)c1c(C)nc2sc3c(nc(=S)n4c(=O)c5sc6nc(C)c(C(=O)OCC)c(-c7ccc(Cl)cc7)c6c5[nH]c34)c2c1-c1ccc(Cl)cc1. The molecule has 52 heavy (non-hydrogen) atoms. The summed E-state index contributed by atoms with van der Waals surface area (Å²) >= 11 is 20.9. The van der Waals surface area contributed by atoms with Crippen LogP contribution in [0.2, 0.25) is 10.0 Å². The van der Waals surface area contributed by atoms with E-state index in [-0.39, 0.29) is 23.5 Å². The van der Waals surface area contributed by atoms with E-state index in [4.69, 9.17) is 59.8 Å². The lowest BCUT2D eigenvalue weighted by atomic mass is 9.95. The second-order valence-electron chi connectivity index (χ2n) is 11.8. The number of carbonyl (C=O) groups is 2. The quantitative estimate of drug-likeness (QED) is 0.129. The summed E-state index contributed by atoms with van der Waals surface area (Å²) in [5.41, 5.74) is 4.97. The topological polar surface area (TPSA) is 129 Å². The fraction of sp³-hybridized carbons (Fsp3) is 0.162. The van der Waals surface area contributed by atoms with Gasteiger partial charge in [0.1, 0.15) is 20.0 Å². The maximum atomic E-state index is 14.5. The molecule has 15 heteroatoms. The number of hydrogen-bond donors (Lipinski definition) is 1. The van der Waals surface area contributed by atoms with Crippen LogP contribution >= 0.6 is 58.1 Å². The Morgan fingerprint density at radius 3 is 1.77 bits per heavy atom. The van der Waals surface area contributed by atoms with Crippen LogP contribution in [0.1, 0.15) is 46.0 Å². The molecule has 2 aromatic carbocycles. The van der Waals surface area contributed by atoms with Crippen molar-refractivity contribution in [2.45, 2.75) is 27.7 Å². The van der Waals surface area contributed by atoms with Gasteiger partial charge < -0.3 is 14.5 Å². The van der Waals surface area contributed by atoms with Crippen molar-refractivity contribution in [1.29, 1.82) is 0 Å². The molecule has 0 radical (unpaired) electrons. The van der Waals surface area contributed by atoms with Gasteiger partial charge >= 0.3 is 11.9 Å². The van der Waals surface area contributed by atoms with Gasteiger partial charge in [-0.1, -0.05) is 47.5 Å². The van der Waals surface area contributed by atoms with Crippen LogP contribution < -0.4 is 5.56 Å². The van der Waals surface area contributed by atoms with Gasteiger partial charge in [0.15, 0.2) is 0 Å². The number of aryl methyl sites for hydroxylation is 2. The molecule has 0 aliphatic heterocycles. The highest BCUT2D eigenvalue weighted by atomic mass is 35.5. The van der Waals surface area contributed by atoms with E-state index in [2.05, 4.69) is 4.98 Å². The summed E-state index contributed by atoms with van der Waals surface area (Å²) in [5.74, 6) is -1.06. The summed E-state index contributed by atoms with van der Waals surface area (Å²) in [6.45, 7) is 7.32. The van der Waals surface area contributed by atoms with Gasteiger partial charge in [0.2, 0.25) is 4.77 Å². The standard InChI is InChI=1S/C37H25Cl2N5O5S3/c1-5-48-35(46)21-15(3)40-32-25(23(21)17-7-11-19(38)12-8-17)27-29(51-32)31-42-28-26-24(18-9-13-20(39)14-10-18)22(36(47)49-6-2)16(4)41-33(26)52-30(28)34(45)44(31)37(50)43-27/h7-14,42H,5-6H2,1-4H3. The van der Waals surface area contributed by atoms with Gasteiger partial charge in [-0.3, -0.25) is 4.79 Å². The molecule has 0 aliphatic rings. The van der Waals surface area contributed by atoms with Crippen LogP contribution in [0.25, 0.3) is 68.8 Å². The summed E-state index contributed by atoms with van der Waals surface area (Å²) in [6.07, 6.45) is 0. The van der Waals surface area contributed by atoms with E-state index in [9.17, 15) is 14.4 Å².